The van der Waals surface area contributed by atoms with Crippen molar-refractivity contribution in [1.29, 1.82) is 0 Å². The number of rotatable bonds is 6. The highest BCUT2D eigenvalue weighted by Gasteiger charge is 2.11. The predicted octanol–water partition coefficient (Wildman–Crippen LogP) is 4.18. The highest BCUT2D eigenvalue weighted by molar-refractivity contribution is 14.0. The van der Waals surface area contributed by atoms with Crippen LogP contribution in [0.15, 0.2) is 70.2 Å². The van der Waals surface area contributed by atoms with E-state index in [0.717, 1.165) is 34.3 Å². The average Bonchev–Trinajstić information content (AvgIpc) is 3.18. The summed E-state index contributed by atoms with van der Waals surface area (Å²) in [4.78, 5) is 6.39. The van der Waals surface area contributed by atoms with Crippen molar-refractivity contribution >= 4 is 29.9 Å². The van der Waals surface area contributed by atoms with Crippen LogP contribution >= 0.6 is 24.0 Å². The standard InChI is InChI=1S/C21H24N4O2.HI/c1-22-21(25(2)15-17-11-7-8-12-19(17)26-3)23-14-18-13-20(27-24-18)16-9-5-4-6-10-16;/h4-13H,14-15H2,1-3H3,(H,22,23);1H. The van der Waals surface area contributed by atoms with Crippen LogP contribution in [-0.4, -0.2) is 37.2 Å². The summed E-state index contributed by atoms with van der Waals surface area (Å²) in [5.41, 5.74) is 2.92. The van der Waals surface area contributed by atoms with Gasteiger partial charge in [-0.15, -0.1) is 24.0 Å². The summed E-state index contributed by atoms with van der Waals surface area (Å²) in [6.07, 6.45) is 0. The third-order valence-corrected chi connectivity index (χ3v) is 4.22. The molecule has 0 bridgehead atoms. The molecule has 3 rings (SSSR count). The number of hydrogen-bond donors (Lipinski definition) is 1. The Bertz CT molecular complexity index is 896. The quantitative estimate of drug-likeness (QED) is 0.318. The van der Waals surface area contributed by atoms with Crippen LogP contribution in [0.25, 0.3) is 11.3 Å². The van der Waals surface area contributed by atoms with E-state index in [2.05, 4.69) is 15.5 Å². The Morgan fingerprint density at radius 1 is 1.14 bits per heavy atom. The molecular weight excluding hydrogens is 467 g/mol. The number of benzene rings is 2. The Kier molecular flexibility index (Phi) is 8.31. The fraction of sp³-hybridized carbons (Fsp3) is 0.238. The first-order valence-electron chi connectivity index (χ1n) is 8.76. The number of aliphatic imine (C=N–C) groups is 1. The monoisotopic (exact) mass is 492 g/mol. The van der Waals surface area contributed by atoms with E-state index in [1.807, 2.05) is 72.6 Å². The highest BCUT2D eigenvalue weighted by atomic mass is 127. The first kappa shape index (κ1) is 21.7. The molecule has 148 valence electrons. The zero-order chi connectivity index (χ0) is 19.1. The number of nitrogens with one attached hydrogen (secondary N) is 1. The van der Waals surface area contributed by atoms with Crippen molar-refractivity contribution in [2.45, 2.75) is 13.1 Å². The van der Waals surface area contributed by atoms with Gasteiger partial charge in [0.2, 0.25) is 0 Å². The van der Waals surface area contributed by atoms with Gasteiger partial charge in [0.05, 0.1) is 13.7 Å². The number of guanidine groups is 1. The smallest absolute Gasteiger partial charge is 0.194 e. The van der Waals surface area contributed by atoms with Gasteiger partial charge in [-0.2, -0.15) is 0 Å². The van der Waals surface area contributed by atoms with Crippen LogP contribution in [0.2, 0.25) is 0 Å². The normalized spacial score (nSPS) is 10.9. The summed E-state index contributed by atoms with van der Waals surface area (Å²) in [6.45, 7) is 1.21. The van der Waals surface area contributed by atoms with Crippen molar-refractivity contribution in [2.75, 3.05) is 21.2 Å². The van der Waals surface area contributed by atoms with Gasteiger partial charge in [0, 0.05) is 37.8 Å². The molecule has 7 heteroatoms. The largest absolute Gasteiger partial charge is 0.496 e. The van der Waals surface area contributed by atoms with Crippen molar-refractivity contribution in [3.05, 3.63) is 71.9 Å². The molecule has 6 nitrogen and oxygen atoms in total. The molecule has 0 aliphatic carbocycles. The minimum absolute atomic E-state index is 0. The number of hydrogen-bond acceptors (Lipinski definition) is 4. The number of para-hydroxylation sites is 1. The Morgan fingerprint density at radius 2 is 1.86 bits per heavy atom. The highest BCUT2D eigenvalue weighted by Crippen LogP contribution is 2.20. The molecule has 0 aliphatic heterocycles. The van der Waals surface area contributed by atoms with E-state index in [1.165, 1.54) is 0 Å². The third kappa shape index (κ3) is 5.48. The molecule has 3 aromatic rings. The Labute approximate surface area is 182 Å². The molecule has 0 saturated heterocycles. The van der Waals surface area contributed by atoms with E-state index in [0.29, 0.717) is 13.1 Å². The molecule has 0 atom stereocenters. The van der Waals surface area contributed by atoms with Gasteiger partial charge < -0.3 is 19.5 Å². The van der Waals surface area contributed by atoms with E-state index in [4.69, 9.17) is 9.26 Å². The number of nitrogens with zero attached hydrogens (tertiary/aromatic N) is 3. The van der Waals surface area contributed by atoms with Gasteiger partial charge in [-0.25, -0.2) is 0 Å². The minimum Gasteiger partial charge on any atom is -0.496 e. The molecule has 0 fully saturated rings. The lowest BCUT2D eigenvalue weighted by Gasteiger charge is -2.22. The fourth-order valence-corrected chi connectivity index (χ4v) is 2.85. The van der Waals surface area contributed by atoms with E-state index in [-0.39, 0.29) is 24.0 Å². The molecule has 0 unspecified atom stereocenters. The molecule has 1 aromatic heterocycles. The first-order valence-corrected chi connectivity index (χ1v) is 8.76. The van der Waals surface area contributed by atoms with Crippen LogP contribution in [0.3, 0.4) is 0 Å². The number of halogens is 1. The maximum absolute atomic E-state index is 5.44. The fourth-order valence-electron chi connectivity index (χ4n) is 2.85. The van der Waals surface area contributed by atoms with Gasteiger partial charge in [0.25, 0.3) is 0 Å². The summed E-state index contributed by atoms with van der Waals surface area (Å²) in [6, 6.07) is 19.8. The number of methoxy groups -OCH3 is 1. The number of ether oxygens (including phenoxy) is 1. The average molecular weight is 492 g/mol. The SMILES string of the molecule is CN=C(NCc1cc(-c2ccccc2)on1)N(C)Cc1ccccc1OC.I. The zero-order valence-electron chi connectivity index (χ0n) is 16.3. The van der Waals surface area contributed by atoms with Gasteiger partial charge >= 0.3 is 0 Å². The third-order valence-electron chi connectivity index (χ3n) is 4.22. The molecular formula is C21H25IN4O2. The summed E-state index contributed by atoms with van der Waals surface area (Å²) >= 11 is 0. The second kappa shape index (κ2) is 10.7. The molecule has 1 N–H and O–H groups in total. The molecule has 2 aromatic carbocycles. The lowest BCUT2D eigenvalue weighted by molar-refractivity contribution is 0.395. The van der Waals surface area contributed by atoms with Gasteiger partial charge in [-0.1, -0.05) is 53.7 Å². The first-order chi connectivity index (χ1) is 13.2. The van der Waals surface area contributed by atoms with Gasteiger partial charge in [-0.05, 0) is 6.07 Å². The van der Waals surface area contributed by atoms with Crippen LogP contribution < -0.4 is 10.1 Å². The molecule has 0 spiro atoms. The second-order valence-electron chi connectivity index (χ2n) is 6.12. The van der Waals surface area contributed by atoms with E-state index in [1.54, 1.807) is 14.2 Å². The van der Waals surface area contributed by atoms with E-state index < -0.39 is 0 Å². The Morgan fingerprint density at radius 3 is 2.57 bits per heavy atom. The molecule has 0 saturated carbocycles. The summed E-state index contributed by atoms with van der Waals surface area (Å²) in [7, 11) is 5.43. The van der Waals surface area contributed by atoms with E-state index >= 15 is 0 Å². The Balaban J connectivity index is 0.00000280. The van der Waals surface area contributed by atoms with Gasteiger partial charge in [-0.3, -0.25) is 4.99 Å². The number of aromatic nitrogens is 1. The zero-order valence-corrected chi connectivity index (χ0v) is 18.6. The van der Waals surface area contributed by atoms with Crippen molar-refractivity contribution in [3.63, 3.8) is 0 Å². The summed E-state index contributed by atoms with van der Waals surface area (Å²) in [5, 5.41) is 7.46. The molecule has 0 radical (unpaired) electrons. The Hall–Kier alpha value is -2.55. The topological polar surface area (TPSA) is 62.9 Å². The van der Waals surface area contributed by atoms with Crippen molar-refractivity contribution in [3.8, 4) is 17.1 Å². The lowest BCUT2D eigenvalue weighted by Crippen LogP contribution is -2.38. The summed E-state index contributed by atoms with van der Waals surface area (Å²) < 4.78 is 10.9. The second-order valence-corrected chi connectivity index (χ2v) is 6.12. The maximum Gasteiger partial charge on any atom is 0.194 e. The molecule has 28 heavy (non-hydrogen) atoms. The molecule has 1 heterocycles. The lowest BCUT2D eigenvalue weighted by atomic mass is 10.2. The van der Waals surface area contributed by atoms with Crippen molar-refractivity contribution in [1.82, 2.24) is 15.4 Å². The minimum atomic E-state index is 0. The molecule has 0 amide bonds. The van der Waals surface area contributed by atoms with Crippen LogP contribution in [0.1, 0.15) is 11.3 Å². The van der Waals surface area contributed by atoms with Crippen LogP contribution in [0.5, 0.6) is 5.75 Å². The summed E-state index contributed by atoms with van der Waals surface area (Å²) in [5.74, 6) is 2.39. The maximum atomic E-state index is 5.44. The molecule has 0 aliphatic rings. The van der Waals surface area contributed by atoms with Crippen LogP contribution in [0, 0.1) is 0 Å². The van der Waals surface area contributed by atoms with Crippen LogP contribution in [0.4, 0.5) is 0 Å². The van der Waals surface area contributed by atoms with Gasteiger partial charge in [0.1, 0.15) is 11.4 Å². The van der Waals surface area contributed by atoms with Crippen molar-refractivity contribution < 1.29 is 9.26 Å². The van der Waals surface area contributed by atoms with Crippen molar-refractivity contribution in [2.24, 2.45) is 4.99 Å². The van der Waals surface area contributed by atoms with Crippen LogP contribution in [-0.2, 0) is 13.1 Å². The van der Waals surface area contributed by atoms with E-state index in [9.17, 15) is 0 Å². The predicted molar refractivity (Wildman–Crippen MR) is 122 cm³/mol. The van der Waals surface area contributed by atoms with Gasteiger partial charge in [0.15, 0.2) is 11.7 Å².